The number of ether oxygens (including phenoxy) is 1. The summed E-state index contributed by atoms with van der Waals surface area (Å²) in [5.41, 5.74) is 1.65. The van der Waals surface area contributed by atoms with Crippen LogP contribution in [-0.2, 0) is 9.88 Å². The van der Waals surface area contributed by atoms with Gasteiger partial charge in [0.25, 0.3) is 0 Å². The van der Waals surface area contributed by atoms with Crippen LogP contribution in [0, 0.1) is 17.7 Å². The van der Waals surface area contributed by atoms with E-state index in [0.717, 1.165) is 29.8 Å². The third-order valence-electron chi connectivity index (χ3n) is 5.81. The van der Waals surface area contributed by atoms with E-state index in [0.29, 0.717) is 29.4 Å². The lowest BCUT2D eigenvalue weighted by atomic mass is 10.0. The second kappa shape index (κ2) is 12.2. The molecule has 0 amide bonds. The molecule has 0 radical (unpaired) electrons. The van der Waals surface area contributed by atoms with Gasteiger partial charge in [-0.25, -0.2) is 19.2 Å². The lowest BCUT2D eigenvalue weighted by Crippen LogP contribution is -2.47. The first kappa shape index (κ1) is 27.3. The van der Waals surface area contributed by atoms with Crippen molar-refractivity contribution in [3.63, 3.8) is 0 Å². The zero-order valence-electron chi connectivity index (χ0n) is 21.1. The summed E-state index contributed by atoms with van der Waals surface area (Å²) in [6.45, 7) is 8.26. The molecule has 1 unspecified atom stereocenters. The van der Waals surface area contributed by atoms with Crippen LogP contribution in [0.1, 0.15) is 26.3 Å². The Hall–Kier alpha value is -2.78. The molecule has 1 atom stereocenters. The van der Waals surface area contributed by atoms with Crippen molar-refractivity contribution in [3.05, 3.63) is 53.1 Å². The molecule has 37 heavy (non-hydrogen) atoms. The molecule has 0 saturated heterocycles. The highest BCUT2D eigenvalue weighted by atomic mass is 35.5. The van der Waals surface area contributed by atoms with Crippen LogP contribution in [0.15, 0.2) is 36.7 Å². The second-order valence-electron chi connectivity index (χ2n) is 8.66. The Kier molecular flexibility index (Phi) is 8.97. The minimum absolute atomic E-state index is 0.0274. The van der Waals surface area contributed by atoms with E-state index in [1.54, 1.807) is 6.07 Å². The van der Waals surface area contributed by atoms with Crippen LogP contribution in [0.4, 0.5) is 15.9 Å². The van der Waals surface area contributed by atoms with Crippen LogP contribution < -0.4 is 14.9 Å². The Balaban J connectivity index is 1.65. The van der Waals surface area contributed by atoms with Gasteiger partial charge in [0, 0.05) is 36.0 Å². The quantitative estimate of drug-likeness (QED) is 0.176. The molecule has 1 aliphatic rings. The number of rotatable bonds is 8. The maximum Gasteiger partial charge on any atom is 0.141 e. The third-order valence-corrected chi connectivity index (χ3v) is 7.56. The van der Waals surface area contributed by atoms with Gasteiger partial charge in [0.15, 0.2) is 0 Å². The molecule has 2 aromatic carbocycles. The van der Waals surface area contributed by atoms with E-state index in [1.807, 2.05) is 19.1 Å². The van der Waals surface area contributed by atoms with Gasteiger partial charge in [0.2, 0.25) is 0 Å². The summed E-state index contributed by atoms with van der Waals surface area (Å²) >= 11 is 5.95. The van der Waals surface area contributed by atoms with Gasteiger partial charge in [-0.05, 0) is 50.4 Å². The van der Waals surface area contributed by atoms with Gasteiger partial charge in [0.05, 0.1) is 35.4 Å². The maximum atomic E-state index is 13.6. The predicted molar refractivity (Wildman–Crippen MR) is 148 cm³/mol. The van der Waals surface area contributed by atoms with Crippen molar-refractivity contribution < 1.29 is 19.0 Å². The smallest absolute Gasteiger partial charge is 0.141 e. The fraction of sp³-hybridized carbons (Fsp3) is 0.346. The number of nitrogens with zero attached hydrogens (tertiary/aromatic N) is 3. The molecule has 0 bridgehead atoms. The van der Waals surface area contributed by atoms with Gasteiger partial charge >= 0.3 is 0 Å². The standard InChI is InChI=1S/C26H29ClFN5O3S/c1-5-35-24-16-23-20(25(30-17-29-23)31-19-6-7-22(28)21(27)15-19)14-18(24)8-9-26(2,3)33-10-12-37(13-11-33)32-36-34-4/h6-7,12,14-17,32H,5,10-11,13H2,1-4H3,(H,29,30,31). The van der Waals surface area contributed by atoms with Crippen LogP contribution in [0.25, 0.3) is 10.9 Å². The fourth-order valence-corrected chi connectivity index (χ4v) is 5.22. The van der Waals surface area contributed by atoms with E-state index in [-0.39, 0.29) is 21.2 Å². The van der Waals surface area contributed by atoms with Gasteiger partial charge in [-0.15, -0.1) is 9.87 Å². The van der Waals surface area contributed by atoms with Crippen molar-refractivity contribution in [3.8, 4) is 17.6 Å². The number of anilines is 2. The molecule has 0 spiro atoms. The van der Waals surface area contributed by atoms with Crippen molar-refractivity contribution in [1.82, 2.24) is 19.8 Å². The van der Waals surface area contributed by atoms with Crippen molar-refractivity contribution in [2.24, 2.45) is 0 Å². The summed E-state index contributed by atoms with van der Waals surface area (Å²) in [6, 6.07) is 8.21. The molecular formula is C26H29ClFN5O3S. The summed E-state index contributed by atoms with van der Waals surface area (Å²) in [7, 11) is 1.30. The molecule has 0 saturated carbocycles. The fourth-order valence-electron chi connectivity index (χ4n) is 3.79. The normalized spacial score (nSPS) is 16.1. The molecule has 0 aliphatic carbocycles. The number of aromatic nitrogens is 2. The Bertz CT molecular complexity index is 1380. The lowest BCUT2D eigenvalue weighted by molar-refractivity contribution is -0.294. The Morgan fingerprint density at radius 2 is 2.08 bits per heavy atom. The van der Waals surface area contributed by atoms with Crippen LogP contribution >= 0.6 is 22.3 Å². The SMILES string of the molecule is CCOc1cc2ncnc(Nc3ccc(F)c(Cl)c3)c2cc1C#CC(C)(C)N1CC=S(NOOC)CC1. The molecular weight excluding hydrogens is 517 g/mol. The van der Waals surface area contributed by atoms with E-state index in [2.05, 4.69) is 61.0 Å². The first-order valence-electron chi connectivity index (χ1n) is 11.7. The highest BCUT2D eigenvalue weighted by Gasteiger charge is 2.26. The van der Waals surface area contributed by atoms with E-state index < -0.39 is 5.82 Å². The molecule has 8 nitrogen and oxygen atoms in total. The summed E-state index contributed by atoms with van der Waals surface area (Å²) < 4.78 is 19.5. The maximum absolute atomic E-state index is 13.6. The van der Waals surface area contributed by atoms with E-state index >= 15 is 0 Å². The van der Waals surface area contributed by atoms with E-state index in [4.69, 9.17) is 21.3 Å². The van der Waals surface area contributed by atoms with E-state index in [9.17, 15) is 4.39 Å². The number of hydrogen-bond donors (Lipinski definition) is 2. The topological polar surface area (TPSA) is 80.8 Å². The third kappa shape index (κ3) is 6.76. The Morgan fingerprint density at radius 1 is 1.24 bits per heavy atom. The van der Waals surface area contributed by atoms with Crippen LogP contribution in [-0.4, -0.2) is 58.3 Å². The molecule has 2 heterocycles. The van der Waals surface area contributed by atoms with Crippen molar-refractivity contribution >= 4 is 50.0 Å². The molecule has 1 aliphatic heterocycles. The number of hydrogen-bond acceptors (Lipinski definition) is 8. The molecule has 0 fully saturated rings. The minimum Gasteiger partial charge on any atom is -0.492 e. The molecule has 1 aromatic heterocycles. The number of benzene rings is 2. The summed E-state index contributed by atoms with van der Waals surface area (Å²) in [4.78, 5) is 23.5. The van der Waals surface area contributed by atoms with Crippen molar-refractivity contribution in [1.29, 1.82) is 0 Å². The van der Waals surface area contributed by atoms with E-state index in [1.165, 1.54) is 25.6 Å². The monoisotopic (exact) mass is 545 g/mol. The van der Waals surface area contributed by atoms with Gasteiger partial charge in [-0.3, -0.25) is 4.90 Å². The highest BCUT2D eigenvalue weighted by molar-refractivity contribution is 8.13. The van der Waals surface area contributed by atoms with Crippen molar-refractivity contribution in [2.75, 3.05) is 37.9 Å². The predicted octanol–water partition coefficient (Wildman–Crippen LogP) is 5.08. The average molecular weight is 546 g/mol. The molecule has 2 N–H and O–H groups in total. The zero-order chi connectivity index (χ0) is 26.4. The van der Waals surface area contributed by atoms with Gasteiger partial charge in [-0.1, -0.05) is 34.1 Å². The Morgan fingerprint density at radius 3 is 2.78 bits per heavy atom. The molecule has 4 rings (SSSR count). The second-order valence-corrected chi connectivity index (χ2v) is 10.8. The number of halogens is 2. The number of nitrogens with one attached hydrogen (secondary N) is 2. The summed E-state index contributed by atoms with van der Waals surface area (Å²) in [5, 5.41) is 6.16. The average Bonchev–Trinajstić information content (AvgIpc) is 2.89. The summed E-state index contributed by atoms with van der Waals surface area (Å²) in [5.74, 6) is 8.39. The highest BCUT2D eigenvalue weighted by Crippen LogP contribution is 2.31. The Labute approximate surface area is 223 Å². The molecule has 3 aromatic rings. The molecule has 196 valence electrons. The van der Waals surface area contributed by atoms with Crippen LogP contribution in [0.2, 0.25) is 5.02 Å². The van der Waals surface area contributed by atoms with Gasteiger partial charge in [-0.2, -0.15) is 0 Å². The van der Waals surface area contributed by atoms with Crippen LogP contribution in [0.5, 0.6) is 5.75 Å². The van der Waals surface area contributed by atoms with Gasteiger partial charge in [0.1, 0.15) is 23.7 Å². The van der Waals surface area contributed by atoms with Crippen LogP contribution in [0.3, 0.4) is 0 Å². The summed E-state index contributed by atoms with van der Waals surface area (Å²) in [6.07, 6.45) is 1.47. The zero-order valence-corrected chi connectivity index (χ0v) is 22.7. The first-order chi connectivity index (χ1) is 17.8. The van der Waals surface area contributed by atoms with Gasteiger partial charge < -0.3 is 10.1 Å². The minimum atomic E-state index is -0.483. The largest absolute Gasteiger partial charge is 0.492 e. The lowest BCUT2D eigenvalue weighted by Gasteiger charge is -2.36. The first-order valence-corrected chi connectivity index (χ1v) is 13.5. The van der Waals surface area contributed by atoms with Crippen molar-refractivity contribution in [2.45, 2.75) is 26.3 Å². The molecule has 11 heteroatoms. The number of fused-ring (bicyclic) bond motifs is 1.